The third-order valence-electron chi connectivity index (χ3n) is 3.11. The van der Waals surface area contributed by atoms with Crippen molar-refractivity contribution in [1.29, 1.82) is 0 Å². The van der Waals surface area contributed by atoms with Crippen LogP contribution in [0.1, 0.15) is 13.3 Å². The van der Waals surface area contributed by atoms with Gasteiger partial charge in [-0.15, -0.1) is 0 Å². The Kier molecular flexibility index (Phi) is 4.57. The summed E-state index contributed by atoms with van der Waals surface area (Å²) in [6.07, 6.45) is 2.56. The number of nitrogens with two attached hydrogens (primary N) is 1. The lowest BCUT2D eigenvalue weighted by Gasteiger charge is -2.36. The smallest absolute Gasteiger partial charge is 0.245 e. The van der Waals surface area contributed by atoms with Crippen LogP contribution >= 0.6 is 0 Å². The molecule has 1 aromatic heterocycles. The zero-order valence-corrected chi connectivity index (χ0v) is 11.1. The average molecular weight is 264 g/mol. The molecule has 0 aromatic carbocycles. The van der Waals surface area contributed by atoms with E-state index in [4.69, 9.17) is 10.5 Å². The molecule has 6 heteroatoms. The van der Waals surface area contributed by atoms with Crippen molar-refractivity contribution < 1.29 is 9.53 Å². The van der Waals surface area contributed by atoms with E-state index < -0.39 is 0 Å². The Hall–Kier alpha value is -1.82. The Morgan fingerprint density at radius 2 is 2.53 bits per heavy atom. The maximum Gasteiger partial charge on any atom is 0.245 e. The highest BCUT2D eigenvalue weighted by atomic mass is 16.5. The van der Waals surface area contributed by atoms with Gasteiger partial charge in [0.15, 0.2) is 0 Å². The molecule has 6 nitrogen and oxygen atoms in total. The van der Waals surface area contributed by atoms with Crippen molar-refractivity contribution in [3.8, 4) is 0 Å². The first-order chi connectivity index (χ1) is 9.24. The Morgan fingerprint density at radius 3 is 3.26 bits per heavy atom. The zero-order chi connectivity index (χ0) is 13.7. The van der Waals surface area contributed by atoms with Crippen LogP contribution in [0, 0.1) is 0 Å². The molecule has 1 amide bonds. The van der Waals surface area contributed by atoms with E-state index in [9.17, 15) is 4.79 Å². The third kappa shape index (κ3) is 3.14. The Bertz CT molecular complexity index is 438. The topological polar surface area (TPSA) is 80.5 Å². The van der Waals surface area contributed by atoms with Gasteiger partial charge in [-0.3, -0.25) is 4.79 Å². The molecule has 1 fully saturated rings. The van der Waals surface area contributed by atoms with Crippen LogP contribution in [0.3, 0.4) is 0 Å². The molecular formula is C13H20N4O2. The number of nitrogen functional groups attached to an aromatic ring is 1. The van der Waals surface area contributed by atoms with Crippen LogP contribution in [-0.4, -0.2) is 43.2 Å². The number of carbonyl (C=O) groups is 1. The minimum Gasteiger partial charge on any atom is -0.382 e. The average Bonchev–Trinajstić information content (AvgIpc) is 2.45. The molecule has 1 unspecified atom stereocenters. The Balaban J connectivity index is 2.16. The number of pyridine rings is 1. The predicted octanol–water partition coefficient (Wildman–Crippen LogP) is 0.395. The second kappa shape index (κ2) is 6.38. The lowest BCUT2D eigenvalue weighted by Crippen LogP contribution is -2.54. The summed E-state index contributed by atoms with van der Waals surface area (Å²) in [6.45, 7) is 4.30. The number of rotatable bonds is 4. The van der Waals surface area contributed by atoms with E-state index in [0.717, 1.165) is 12.1 Å². The number of hydrogen-bond donors (Lipinski definition) is 2. The van der Waals surface area contributed by atoms with Crippen molar-refractivity contribution in [2.24, 2.45) is 0 Å². The van der Waals surface area contributed by atoms with E-state index in [2.05, 4.69) is 10.3 Å². The van der Waals surface area contributed by atoms with Gasteiger partial charge in [0.05, 0.1) is 18.9 Å². The molecule has 3 N–H and O–H groups in total. The number of aromatic nitrogens is 1. The van der Waals surface area contributed by atoms with E-state index in [-0.39, 0.29) is 11.9 Å². The molecule has 2 rings (SSSR count). The molecule has 0 radical (unpaired) electrons. The first kappa shape index (κ1) is 13.6. The van der Waals surface area contributed by atoms with E-state index in [0.29, 0.717) is 32.1 Å². The van der Waals surface area contributed by atoms with E-state index in [1.54, 1.807) is 6.20 Å². The van der Waals surface area contributed by atoms with Crippen LogP contribution in [0.2, 0.25) is 0 Å². The van der Waals surface area contributed by atoms with Crippen molar-refractivity contribution in [2.45, 2.75) is 19.4 Å². The van der Waals surface area contributed by atoms with Crippen molar-refractivity contribution >= 4 is 17.4 Å². The molecule has 1 aromatic rings. The summed E-state index contributed by atoms with van der Waals surface area (Å²) in [5.74, 6) is 0.419. The van der Waals surface area contributed by atoms with Gasteiger partial charge in [-0.05, 0) is 18.6 Å². The summed E-state index contributed by atoms with van der Waals surface area (Å²) < 4.78 is 5.41. The quantitative estimate of drug-likeness (QED) is 0.822. The lowest BCUT2D eigenvalue weighted by atomic mass is 10.1. The van der Waals surface area contributed by atoms with Gasteiger partial charge in [-0.2, -0.15) is 0 Å². The number of carbonyl (C=O) groups excluding carboxylic acids is 1. The summed E-state index contributed by atoms with van der Waals surface area (Å²) in [5, 5.41) is 2.90. The summed E-state index contributed by atoms with van der Waals surface area (Å²) in [4.78, 5) is 18.2. The van der Waals surface area contributed by atoms with Crippen LogP contribution < -0.4 is 16.0 Å². The largest absolute Gasteiger partial charge is 0.382 e. The molecule has 0 saturated carbocycles. The van der Waals surface area contributed by atoms with Crippen LogP contribution in [0.15, 0.2) is 18.3 Å². The molecule has 1 saturated heterocycles. The van der Waals surface area contributed by atoms with Gasteiger partial charge in [0.2, 0.25) is 5.91 Å². The zero-order valence-electron chi connectivity index (χ0n) is 11.1. The molecule has 1 atom stereocenters. The molecule has 19 heavy (non-hydrogen) atoms. The van der Waals surface area contributed by atoms with Crippen molar-refractivity contribution in [3.05, 3.63) is 18.3 Å². The van der Waals surface area contributed by atoms with Gasteiger partial charge in [-0.1, -0.05) is 6.92 Å². The SMILES string of the molecule is CCCNC(=O)C1COCCN1c1cccnc1N. The summed E-state index contributed by atoms with van der Waals surface area (Å²) in [6, 6.07) is 3.36. The van der Waals surface area contributed by atoms with Gasteiger partial charge >= 0.3 is 0 Å². The monoisotopic (exact) mass is 264 g/mol. The second-order valence-electron chi connectivity index (χ2n) is 4.48. The molecular weight excluding hydrogens is 244 g/mol. The fourth-order valence-electron chi connectivity index (χ4n) is 2.13. The minimum atomic E-state index is -0.341. The third-order valence-corrected chi connectivity index (χ3v) is 3.11. The number of amides is 1. The normalized spacial score (nSPS) is 19.2. The molecule has 104 valence electrons. The van der Waals surface area contributed by atoms with Gasteiger partial charge in [0.1, 0.15) is 11.9 Å². The predicted molar refractivity (Wildman–Crippen MR) is 73.9 cm³/mol. The molecule has 0 spiro atoms. The number of hydrogen-bond acceptors (Lipinski definition) is 5. The second-order valence-corrected chi connectivity index (χ2v) is 4.48. The fraction of sp³-hybridized carbons (Fsp3) is 0.538. The first-order valence-corrected chi connectivity index (χ1v) is 6.56. The number of nitrogens with one attached hydrogen (secondary N) is 1. The minimum absolute atomic E-state index is 0.0233. The standard InChI is InChI=1S/C13H20N4O2/c1-2-5-16-13(18)11-9-19-8-7-17(11)10-4-3-6-15-12(10)14/h3-4,6,11H,2,5,7-9H2,1H3,(H2,14,15)(H,16,18). The summed E-state index contributed by atoms with van der Waals surface area (Å²) in [5.41, 5.74) is 6.68. The molecule has 0 bridgehead atoms. The van der Waals surface area contributed by atoms with E-state index in [1.807, 2.05) is 24.0 Å². The first-order valence-electron chi connectivity index (χ1n) is 6.56. The summed E-state index contributed by atoms with van der Waals surface area (Å²) in [7, 11) is 0. The van der Waals surface area contributed by atoms with Gasteiger partial charge in [0, 0.05) is 19.3 Å². The van der Waals surface area contributed by atoms with Crippen LogP contribution in [-0.2, 0) is 9.53 Å². The Morgan fingerprint density at radius 1 is 1.68 bits per heavy atom. The molecule has 1 aliphatic heterocycles. The van der Waals surface area contributed by atoms with Crippen LogP contribution in [0.5, 0.6) is 0 Å². The lowest BCUT2D eigenvalue weighted by molar-refractivity contribution is -0.124. The van der Waals surface area contributed by atoms with E-state index in [1.165, 1.54) is 0 Å². The highest BCUT2D eigenvalue weighted by Crippen LogP contribution is 2.24. The number of nitrogens with zero attached hydrogens (tertiary/aromatic N) is 2. The summed E-state index contributed by atoms with van der Waals surface area (Å²) >= 11 is 0. The van der Waals surface area contributed by atoms with Crippen LogP contribution in [0.4, 0.5) is 11.5 Å². The highest BCUT2D eigenvalue weighted by molar-refractivity contribution is 5.86. The number of morpholine rings is 1. The van der Waals surface area contributed by atoms with Gasteiger partial charge in [-0.25, -0.2) is 4.98 Å². The van der Waals surface area contributed by atoms with Crippen molar-refractivity contribution in [2.75, 3.05) is 36.9 Å². The van der Waals surface area contributed by atoms with Gasteiger partial charge < -0.3 is 20.7 Å². The Labute approximate surface area is 112 Å². The fourth-order valence-corrected chi connectivity index (χ4v) is 2.13. The van der Waals surface area contributed by atoms with E-state index >= 15 is 0 Å². The number of anilines is 2. The molecule has 0 aliphatic carbocycles. The molecule has 1 aliphatic rings. The number of ether oxygens (including phenoxy) is 1. The van der Waals surface area contributed by atoms with Crippen LogP contribution in [0.25, 0.3) is 0 Å². The molecule has 2 heterocycles. The highest BCUT2D eigenvalue weighted by Gasteiger charge is 2.30. The van der Waals surface area contributed by atoms with Crippen molar-refractivity contribution in [1.82, 2.24) is 10.3 Å². The van der Waals surface area contributed by atoms with Gasteiger partial charge in [0.25, 0.3) is 0 Å². The maximum atomic E-state index is 12.2. The maximum absolute atomic E-state index is 12.2. The van der Waals surface area contributed by atoms with Crippen molar-refractivity contribution in [3.63, 3.8) is 0 Å².